The quantitative estimate of drug-likeness (QED) is 0.942. The number of anilines is 2. The molecule has 0 radical (unpaired) electrons. The molecule has 7 heteroatoms. The van der Waals surface area contributed by atoms with Crippen molar-refractivity contribution in [2.45, 2.75) is 25.7 Å². The monoisotopic (exact) mass is 315 g/mol. The van der Waals surface area contributed by atoms with E-state index in [1.165, 1.54) is 37.0 Å². The molecule has 6 nitrogen and oxygen atoms in total. The minimum Gasteiger partial charge on any atom is -0.356 e. The molecule has 1 aliphatic heterocycles. The maximum atomic E-state index is 12.1. The van der Waals surface area contributed by atoms with Gasteiger partial charge in [-0.3, -0.25) is 10.1 Å². The average Bonchev–Trinajstić information content (AvgIpc) is 3.09. The predicted molar refractivity (Wildman–Crippen MR) is 85.2 cm³/mol. The average molecular weight is 315 g/mol. The van der Waals surface area contributed by atoms with Crippen molar-refractivity contribution in [3.8, 4) is 0 Å². The van der Waals surface area contributed by atoms with Crippen molar-refractivity contribution in [1.29, 1.82) is 0 Å². The summed E-state index contributed by atoms with van der Waals surface area (Å²) >= 11 is 1.30. The number of rotatable bonds is 3. The number of carbonyl (C=O) groups excluding carboxylic acids is 1. The molecule has 0 unspecified atom stereocenters. The highest BCUT2D eigenvalue weighted by atomic mass is 32.1. The number of hydrogen-bond donors (Lipinski definition) is 1. The van der Waals surface area contributed by atoms with Gasteiger partial charge in [-0.1, -0.05) is 11.3 Å². The van der Waals surface area contributed by atoms with Gasteiger partial charge in [-0.15, -0.1) is 10.2 Å². The fourth-order valence-electron chi connectivity index (χ4n) is 3.09. The molecule has 2 aromatic heterocycles. The van der Waals surface area contributed by atoms with Crippen LogP contribution >= 0.6 is 11.3 Å². The topological polar surface area (TPSA) is 71.0 Å². The Morgan fingerprint density at radius 1 is 1.32 bits per heavy atom. The first kappa shape index (κ1) is 13.6. The highest BCUT2D eigenvalue weighted by molar-refractivity contribution is 7.13. The Hall–Kier alpha value is -2.02. The Morgan fingerprint density at radius 2 is 2.23 bits per heavy atom. The molecule has 1 aliphatic carbocycles. The van der Waals surface area contributed by atoms with Crippen LogP contribution in [0.2, 0.25) is 0 Å². The summed E-state index contributed by atoms with van der Waals surface area (Å²) in [5.41, 5.74) is 2.69. The van der Waals surface area contributed by atoms with Crippen LogP contribution in [0.5, 0.6) is 0 Å². The van der Waals surface area contributed by atoms with E-state index >= 15 is 0 Å². The minimum atomic E-state index is -0.201. The Morgan fingerprint density at radius 3 is 2.91 bits per heavy atom. The molecule has 0 aromatic carbocycles. The van der Waals surface area contributed by atoms with Crippen molar-refractivity contribution in [2.75, 3.05) is 23.3 Å². The summed E-state index contributed by atoms with van der Waals surface area (Å²) < 4.78 is 0. The number of piperidine rings is 1. The smallest absolute Gasteiger partial charge is 0.259 e. The van der Waals surface area contributed by atoms with E-state index in [1.54, 1.807) is 11.7 Å². The van der Waals surface area contributed by atoms with Crippen molar-refractivity contribution in [2.24, 2.45) is 5.41 Å². The van der Waals surface area contributed by atoms with Gasteiger partial charge in [0.1, 0.15) is 11.3 Å². The summed E-state index contributed by atoms with van der Waals surface area (Å²) in [6, 6.07) is 3.77. The molecule has 1 N–H and O–H groups in total. The predicted octanol–water partition coefficient (Wildman–Crippen LogP) is 2.57. The van der Waals surface area contributed by atoms with Gasteiger partial charge >= 0.3 is 0 Å². The van der Waals surface area contributed by atoms with E-state index in [9.17, 15) is 4.79 Å². The SMILES string of the molecule is O=C(Nc1nncs1)c1ccc(N2CCCC3(CC3)C2)nc1. The van der Waals surface area contributed by atoms with Gasteiger partial charge in [0, 0.05) is 19.3 Å². The molecule has 0 bridgehead atoms. The Balaban J connectivity index is 1.45. The molecular weight excluding hydrogens is 298 g/mol. The molecule has 2 aromatic rings. The van der Waals surface area contributed by atoms with E-state index in [0.717, 1.165) is 18.9 Å². The lowest BCUT2D eigenvalue weighted by molar-refractivity contribution is 0.102. The zero-order valence-electron chi connectivity index (χ0n) is 12.2. The molecule has 114 valence electrons. The van der Waals surface area contributed by atoms with Crippen LogP contribution in [0, 0.1) is 5.41 Å². The number of pyridine rings is 1. The second-order valence-electron chi connectivity index (χ2n) is 6.13. The summed E-state index contributed by atoms with van der Waals surface area (Å²) in [5, 5.41) is 10.7. The lowest BCUT2D eigenvalue weighted by Crippen LogP contribution is -2.36. The Labute approximate surface area is 132 Å². The third kappa shape index (κ3) is 2.68. The van der Waals surface area contributed by atoms with Crippen molar-refractivity contribution in [1.82, 2.24) is 15.2 Å². The maximum absolute atomic E-state index is 12.1. The van der Waals surface area contributed by atoms with E-state index in [-0.39, 0.29) is 5.91 Å². The summed E-state index contributed by atoms with van der Waals surface area (Å²) in [5.74, 6) is 0.770. The third-order valence-corrected chi connectivity index (χ3v) is 5.14. The second kappa shape index (κ2) is 5.31. The number of aromatic nitrogens is 3. The van der Waals surface area contributed by atoms with E-state index in [0.29, 0.717) is 16.1 Å². The standard InChI is InChI=1S/C15H17N5OS/c21-13(18-14-19-17-10-22-14)11-2-3-12(16-8-11)20-7-1-4-15(9-20)5-6-15/h2-3,8,10H,1,4-7,9H2,(H,18,19,21). The summed E-state index contributed by atoms with van der Waals surface area (Å²) in [4.78, 5) is 18.9. The first-order valence-electron chi connectivity index (χ1n) is 7.53. The van der Waals surface area contributed by atoms with Crippen LogP contribution in [0.3, 0.4) is 0 Å². The zero-order valence-corrected chi connectivity index (χ0v) is 13.0. The number of nitrogens with zero attached hydrogens (tertiary/aromatic N) is 4. The van der Waals surface area contributed by atoms with Gasteiger partial charge in [-0.25, -0.2) is 4.98 Å². The van der Waals surface area contributed by atoms with Crippen LogP contribution in [-0.4, -0.2) is 34.2 Å². The lowest BCUT2D eigenvalue weighted by atomic mass is 9.95. The van der Waals surface area contributed by atoms with Crippen LogP contribution in [0.25, 0.3) is 0 Å². The van der Waals surface area contributed by atoms with E-state index < -0.39 is 0 Å². The van der Waals surface area contributed by atoms with Crippen LogP contribution < -0.4 is 10.2 Å². The highest BCUT2D eigenvalue weighted by Crippen LogP contribution is 2.52. The maximum Gasteiger partial charge on any atom is 0.259 e. The molecule has 0 atom stereocenters. The van der Waals surface area contributed by atoms with Gasteiger partial charge in [0.05, 0.1) is 5.56 Å². The number of nitrogens with one attached hydrogen (secondary N) is 1. The molecule has 1 spiro atoms. The summed E-state index contributed by atoms with van der Waals surface area (Å²) in [6.45, 7) is 2.17. The van der Waals surface area contributed by atoms with E-state index in [4.69, 9.17) is 0 Å². The molecule has 2 aliphatic rings. The number of carbonyl (C=O) groups is 1. The number of amides is 1. The largest absolute Gasteiger partial charge is 0.356 e. The lowest BCUT2D eigenvalue weighted by Gasteiger charge is -2.33. The summed E-state index contributed by atoms with van der Waals surface area (Å²) in [7, 11) is 0. The molecule has 2 fully saturated rings. The summed E-state index contributed by atoms with van der Waals surface area (Å²) in [6.07, 6.45) is 6.93. The van der Waals surface area contributed by atoms with Gasteiger partial charge in [0.15, 0.2) is 0 Å². The zero-order chi connectivity index (χ0) is 15.0. The van der Waals surface area contributed by atoms with Crippen molar-refractivity contribution in [3.63, 3.8) is 0 Å². The molecule has 1 saturated carbocycles. The van der Waals surface area contributed by atoms with Gasteiger partial charge < -0.3 is 4.90 Å². The van der Waals surface area contributed by atoms with Gasteiger partial charge in [0.25, 0.3) is 5.91 Å². The molecule has 22 heavy (non-hydrogen) atoms. The van der Waals surface area contributed by atoms with Crippen LogP contribution in [-0.2, 0) is 0 Å². The fourth-order valence-corrected chi connectivity index (χ4v) is 3.53. The minimum absolute atomic E-state index is 0.201. The number of hydrogen-bond acceptors (Lipinski definition) is 6. The molecule has 4 rings (SSSR count). The molecule has 1 amide bonds. The van der Waals surface area contributed by atoms with Crippen molar-refractivity contribution >= 4 is 28.2 Å². The van der Waals surface area contributed by atoms with Crippen LogP contribution in [0.4, 0.5) is 10.9 Å². The molecule has 3 heterocycles. The Kier molecular flexibility index (Phi) is 3.29. The molecule has 1 saturated heterocycles. The normalized spacial score (nSPS) is 19.2. The van der Waals surface area contributed by atoms with Crippen molar-refractivity contribution < 1.29 is 4.79 Å². The Bertz CT molecular complexity index is 666. The molecular formula is C15H17N5OS. The van der Waals surface area contributed by atoms with Gasteiger partial charge in [-0.05, 0) is 43.2 Å². The van der Waals surface area contributed by atoms with Crippen LogP contribution in [0.15, 0.2) is 23.8 Å². The fraction of sp³-hybridized carbons (Fsp3) is 0.467. The van der Waals surface area contributed by atoms with E-state index in [1.807, 2.05) is 12.1 Å². The first-order valence-corrected chi connectivity index (χ1v) is 8.41. The second-order valence-corrected chi connectivity index (χ2v) is 6.96. The van der Waals surface area contributed by atoms with Gasteiger partial charge in [-0.2, -0.15) is 0 Å². The first-order chi connectivity index (χ1) is 10.7. The van der Waals surface area contributed by atoms with Gasteiger partial charge in [0.2, 0.25) is 5.13 Å². The van der Waals surface area contributed by atoms with Crippen LogP contribution in [0.1, 0.15) is 36.0 Å². The highest BCUT2D eigenvalue weighted by Gasteiger charge is 2.45. The van der Waals surface area contributed by atoms with E-state index in [2.05, 4.69) is 25.4 Å². The van der Waals surface area contributed by atoms with Crippen molar-refractivity contribution in [3.05, 3.63) is 29.4 Å². The third-order valence-electron chi connectivity index (χ3n) is 4.53.